The summed E-state index contributed by atoms with van der Waals surface area (Å²) in [6, 6.07) is 0.495. The smallest absolute Gasteiger partial charge is 0.193 e. The van der Waals surface area contributed by atoms with Crippen molar-refractivity contribution in [3.63, 3.8) is 0 Å². The number of nitrogens with one attached hydrogen (secondary N) is 1. The van der Waals surface area contributed by atoms with E-state index in [9.17, 15) is 0 Å². The normalized spacial score (nSPS) is 19.5. The van der Waals surface area contributed by atoms with Crippen LogP contribution in [-0.4, -0.2) is 37.0 Å². The van der Waals surface area contributed by atoms with Crippen LogP contribution < -0.4 is 5.32 Å². The summed E-state index contributed by atoms with van der Waals surface area (Å²) in [5, 5.41) is 3.46. The third kappa shape index (κ3) is 3.56. The Labute approximate surface area is 87.6 Å². The Balaban J connectivity index is 2.37. The number of hydrogen-bond acceptors (Lipinski definition) is 3. The highest BCUT2D eigenvalue weighted by molar-refractivity contribution is 5.81. The molecule has 0 saturated carbocycles. The van der Waals surface area contributed by atoms with Gasteiger partial charge in [-0.3, -0.25) is 4.99 Å². The molecule has 0 radical (unpaired) electrons. The minimum Gasteiger partial charge on any atom is -0.354 e. The summed E-state index contributed by atoms with van der Waals surface area (Å²) < 4.78 is 0. The molecule has 0 aromatic carbocycles. The molecule has 1 heterocycles. The Morgan fingerprint density at radius 3 is 2.57 bits per heavy atom. The van der Waals surface area contributed by atoms with E-state index in [0.717, 1.165) is 19.0 Å². The van der Waals surface area contributed by atoms with Crippen molar-refractivity contribution < 1.29 is 0 Å². The Hall–Kier alpha value is -0.730. The van der Waals surface area contributed by atoms with Gasteiger partial charge in [-0.2, -0.15) is 0 Å². The summed E-state index contributed by atoms with van der Waals surface area (Å²) in [4.78, 5) is 6.60. The van der Waals surface area contributed by atoms with E-state index >= 15 is 0 Å². The minimum atomic E-state index is 0.379. The summed E-state index contributed by atoms with van der Waals surface area (Å²) in [5.41, 5.74) is 0.379. The molecule has 0 fully saturated rings. The Bertz CT molecular complexity index is 215. The maximum atomic E-state index is 4.42. The van der Waals surface area contributed by atoms with Gasteiger partial charge < -0.3 is 10.2 Å². The van der Waals surface area contributed by atoms with E-state index in [-0.39, 0.29) is 0 Å². The number of hydrogen-bond donors (Lipinski definition) is 1. The van der Waals surface area contributed by atoms with Crippen molar-refractivity contribution >= 4 is 5.96 Å². The van der Waals surface area contributed by atoms with Crippen LogP contribution in [0, 0.1) is 5.41 Å². The Kier molecular flexibility index (Phi) is 3.40. The van der Waals surface area contributed by atoms with Gasteiger partial charge in [-0.05, 0) is 18.8 Å². The van der Waals surface area contributed by atoms with Crippen molar-refractivity contribution in [3.8, 4) is 0 Å². The molecule has 0 bridgehead atoms. The summed E-state index contributed by atoms with van der Waals surface area (Å²) in [6.45, 7) is 11.0. The van der Waals surface area contributed by atoms with Crippen LogP contribution in [0.25, 0.3) is 0 Å². The van der Waals surface area contributed by atoms with Gasteiger partial charge in [-0.1, -0.05) is 20.8 Å². The lowest BCUT2D eigenvalue weighted by atomic mass is 9.89. The second-order valence-corrected chi connectivity index (χ2v) is 5.44. The highest BCUT2D eigenvalue weighted by Crippen LogP contribution is 2.20. The first-order chi connectivity index (χ1) is 6.38. The molecule has 0 aliphatic carbocycles. The summed E-state index contributed by atoms with van der Waals surface area (Å²) in [7, 11) is 2.09. The average Bonchev–Trinajstić information content (AvgIpc) is 2.32. The van der Waals surface area contributed by atoms with E-state index in [2.05, 4.69) is 50.0 Å². The molecule has 1 aliphatic rings. The molecule has 82 valence electrons. The number of rotatable bonds is 2. The zero-order valence-electron chi connectivity index (χ0n) is 10.1. The van der Waals surface area contributed by atoms with Gasteiger partial charge in [0.2, 0.25) is 0 Å². The molecule has 0 aromatic heterocycles. The molecule has 0 amide bonds. The monoisotopic (exact) mass is 197 g/mol. The van der Waals surface area contributed by atoms with Gasteiger partial charge in [0.15, 0.2) is 5.96 Å². The van der Waals surface area contributed by atoms with E-state index in [1.807, 2.05) is 0 Å². The fraction of sp³-hybridized carbons (Fsp3) is 0.909. The molecule has 1 unspecified atom stereocenters. The highest BCUT2D eigenvalue weighted by atomic mass is 15.3. The fourth-order valence-electron chi connectivity index (χ4n) is 1.88. The van der Waals surface area contributed by atoms with Crippen molar-refractivity contribution in [2.24, 2.45) is 10.4 Å². The first-order valence-electron chi connectivity index (χ1n) is 5.40. The maximum absolute atomic E-state index is 4.42. The Morgan fingerprint density at radius 1 is 1.50 bits per heavy atom. The van der Waals surface area contributed by atoms with Crippen molar-refractivity contribution in [1.82, 2.24) is 10.2 Å². The van der Waals surface area contributed by atoms with Gasteiger partial charge in [0, 0.05) is 19.6 Å². The third-order valence-electron chi connectivity index (χ3n) is 2.35. The van der Waals surface area contributed by atoms with Crippen LogP contribution in [0.3, 0.4) is 0 Å². The standard InChI is InChI=1S/C11H23N3/c1-9(8-11(2,3)4)13-10-12-6-7-14(10)5/h9H,6-8H2,1-5H3,(H,12,13). The molecular formula is C11H23N3. The van der Waals surface area contributed by atoms with Crippen LogP contribution in [0.2, 0.25) is 0 Å². The van der Waals surface area contributed by atoms with Gasteiger partial charge in [0.1, 0.15) is 0 Å². The third-order valence-corrected chi connectivity index (χ3v) is 2.35. The SMILES string of the molecule is CC(CC(C)(C)C)NC1=NCCN1C. The van der Waals surface area contributed by atoms with Crippen molar-refractivity contribution in [3.05, 3.63) is 0 Å². The van der Waals surface area contributed by atoms with Gasteiger partial charge in [0.25, 0.3) is 0 Å². The molecule has 1 atom stereocenters. The lowest BCUT2D eigenvalue weighted by Gasteiger charge is -2.26. The molecule has 3 nitrogen and oxygen atoms in total. The molecule has 0 saturated heterocycles. The zero-order valence-corrected chi connectivity index (χ0v) is 10.1. The minimum absolute atomic E-state index is 0.379. The summed E-state index contributed by atoms with van der Waals surface area (Å²) >= 11 is 0. The predicted molar refractivity (Wildman–Crippen MR) is 61.6 cm³/mol. The summed E-state index contributed by atoms with van der Waals surface area (Å²) in [6.07, 6.45) is 1.17. The van der Waals surface area contributed by atoms with E-state index in [1.54, 1.807) is 0 Å². The Morgan fingerprint density at radius 2 is 2.14 bits per heavy atom. The number of guanidine groups is 1. The lowest BCUT2D eigenvalue weighted by Crippen LogP contribution is -2.42. The molecule has 1 N–H and O–H groups in total. The average molecular weight is 197 g/mol. The topological polar surface area (TPSA) is 27.6 Å². The molecule has 3 heteroatoms. The molecule has 14 heavy (non-hydrogen) atoms. The largest absolute Gasteiger partial charge is 0.354 e. The van der Waals surface area contributed by atoms with E-state index in [1.165, 1.54) is 6.42 Å². The van der Waals surface area contributed by atoms with Gasteiger partial charge in [0.05, 0.1) is 6.54 Å². The predicted octanol–water partition coefficient (Wildman–Crippen LogP) is 1.70. The van der Waals surface area contributed by atoms with Crippen LogP contribution in [-0.2, 0) is 0 Å². The molecular weight excluding hydrogens is 174 g/mol. The molecule has 0 aromatic rings. The van der Waals surface area contributed by atoms with Crippen molar-refractivity contribution in [2.75, 3.05) is 20.1 Å². The van der Waals surface area contributed by atoms with Crippen molar-refractivity contribution in [1.29, 1.82) is 0 Å². The van der Waals surface area contributed by atoms with Gasteiger partial charge in [-0.25, -0.2) is 0 Å². The first-order valence-corrected chi connectivity index (χ1v) is 5.40. The van der Waals surface area contributed by atoms with E-state index in [4.69, 9.17) is 0 Å². The molecule has 1 aliphatic heterocycles. The van der Waals surface area contributed by atoms with Crippen LogP contribution in [0.1, 0.15) is 34.1 Å². The second kappa shape index (κ2) is 4.20. The maximum Gasteiger partial charge on any atom is 0.193 e. The van der Waals surface area contributed by atoms with E-state index < -0.39 is 0 Å². The summed E-state index contributed by atoms with van der Waals surface area (Å²) in [5.74, 6) is 1.06. The van der Waals surface area contributed by atoms with Crippen LogP contribution in [0.5, 0.6) is 0 Å². The second-order valence-electron chi connectivity index (χ2n) is 5.44. The number of nitrogens with zero attached hydrogens (tertiary/aromatic N) is 2. The number of likely N-dealkylation sites (N-methyl/N-ethyl adjacent to an activating group) is 1. The van der Waals surface area contributed by atoms with Gasteiger partial charge in [-0.15, -0.1) is 0 Å². The highest BCUT2D eigenvalue weighted by Gasteiger charge is 2.18. The lowest BCUT2D eigenvalue weighted by molar-refractivity contribution is 0.332. The first kappa shape index (κ1) is 11.3. The molecule has 0 spiro atoms. The van der Waals surface area contributed by atoms with Crippen LogP contribution in [0.4, 0.5) is 0 Å². The quantitative estimate of drug-likeness (QED) is 0.729. The van der Waals surface area contributed by atoms with Crippen molar-refractivity contribution in [2.45, 2.75) is 40.2 Å². The number of aliphatic imine (C=N–C) groups is 1. The van der Waals surface area contributed by atoms with Gasteiger partial charge >= 0.3 is 0 Å². The van der Waals surface area contributed by atoms with E-state index in [0.29, 0.717) is 11.5 Å². The zero-order chi connectivity index (χ0) is 10.8. The van der Waals surface area contributed by atoms with Crippen LogP contribution in [0.15, 0.2) is 4.99 Å². The fourth-order valence-corrected chi connectivity index (χ4v) is 1.88. The molecule has 1 rings (SSSR count). The van der Waals surface area contributed by atoms with Crippen LogP contribution >= 0.6 is 0 Å².